The second-order valence-electron chi connectivity index (χ2n) is 6.98. The van der Waals surface area contributed by atoms with Gasteiger partial charge in [-0.2, -0.15) is 0 Å². The van der Waals surface area contributed by atoms with Crippen LogP contribution in [-0.4, -0.2) is 52.0 Å². The number of nitrogens with one attached hydrogen (secondary N) is 1. The minimum Gasteiger partial charge on any atom is -0.337 e. The average molecular weight is 343 g/mol. The van der Waals surface area contributed by atoms with E-state index >= 15 is 0 Å². The average Bonchev–Trinajstić information content (AvgIpc) is 3.20. The lowest BCUT2D eigenvalue weighted by Gasteiger charge is -2.19. The van der Waals surface area contributed by atoms with Gasteiger partial charge in [0.2, 0.25) is 0 Å². The number of nitrogens with zero attached hydrogens (tertiary/aromatic N) is 4. The molecule has 3 heterocycles. The number of amides is 1. The predicted molar refractivity (Wildman–Crippen MR) is 90.5 cm³/mol. The Labute approximate surface area is 146 Å². The van der Waals surface area contributed by atoms with Crippen LogP contribution in [0, 0.1) is 17.7 Å². The van der Waals surface area contributed by atoms with Crippen LogP contribution in [0.3, 0.4) is 0 Å². The van der Waals surface area contributed by atoms with Gasteiger partial charge in [0.1, 0.15) is 5.82 Å². The summed E-state index contributed by atoms with van der Waals surface area (Å²) in [5.74, 6) is 1.03. The molecule has 0 radical (unpaired) electrons. The van der Waals surface area contributed by atoms with Crippen molar-refractivity contribution >= 4 is 5.91 Å². The number of hydrogen-bond donors (Lipinski definition) is 1. The summed E-state index contributed by atoms with van der Waals surface area (Å²) < 4.78 is 14.9. The Hall–Kier alpha value is -2.28. The molecule has 2 aromatic rings. The third kappa shape index (κ3) is 3.56. The molecule has 2 aliphatic rings. The van der Waals surface area contributed by atoms with Crippen molar-refractivity contribution in [1.82, 2.24) is 25.2 Å². The second-order valence-corrected chi connectivity index (χ2v) is 6.98. The molecule has 7 heteroatoms. The predicted octanol–water partition coefficient (Wildman–Crippen LogP) is 1.54. The smallest absolute Gasteiger partial charge is 0.276 e. The lowest BCUT2D eigenvalue weighted by atomic mass is 9.92. The Kier molecular flexibility index (Phi) is 4.48. The normalized spacial score (nSPS) is 23.3. The maximum atomic E-state index is 13.3. The van der Waals surface area contributed by atoms with E-state index in [1.54, 1.807) is 16.9 Å². The molecule has 0 saturated carbocycles. The van der Waals surface area contributed by atoms with Gasteiger partial charge in [-0.15, -0.1) is 5.10 Å². The van der Waals surface area contributed by atoms with Gasteiger partial charge in [-0.1, -0.05) is 17.3 Å². The van der Waals surface area contributed by atoms with Crippen molar-refractivity contribution < 1.29 is 9.18 Å². The molecule has 2 fully saturated rings. The number of carbonyl (C=O) groups excluding carboxylic acids is 1. The van der Waals surface area contributed by atoms with Crippen LogP contribution in [0.15, 0.2) is 30.5 Å². The maximum Gasteiger partial charge on any atom is 0.276 e. The quantitative estimate of drug-likeness (QED) is 0.918. The number of carbonyl (C=O) groups is 1. The Morgan fingerprint density at radius 1 is 1.24 bits per heavy atom. The standard InChI is InChI=1S/C18H22FN5O/c19-16-3-1-2-13(8-16)11-24-12-17(21-22-24)18(25)23-6-4-14-9-20-10-15(14)5-7-23/h1-3,8,12,14-15,20H,4-7,9-11H2/t14-,15+. The highest BCUT2D eigenvalue weighted by Gasteiger charge is 2.32. The van der Waals surface area contributed by atoms with Gasteiger partial charge in [-0.3, -0.25) is 4.79 Å². The van der Waals surface area contributed by atoms with E-state index in [9.17, 15) is 9.18 Å². The van der Waals surface area contributed by atoms with Gasteiger partial charge in [0.25, 0.3) is 5.91 Å². The molecular formula is C18H22FN5O. The van der Waals surface area contributed by atoms with Crippen molar-refractivity contribution in [2.75, 3.05) is 26.2 Å². The Morgan fingerprint density at radius 2 is 2.00 bits per heavy atom. The van der Waals surface area contributed by atoms with Crippen molar-refractivity contribution in [2.45, 2.75) is 19.4 Å². The molecule has 2 atom stereocenters. The van der Waals surface area contributed by atoms with Gasteiger partial charge >= 0.3 is 0 Å². The highest BCUT2D eigenvalue weighted by Crippen LogP contribution is 2.27. The zero-order valence-corrected chi connectivity index (χ0v) is 14.1. The SMILES string of the molecule is O=C(c1cn(Cc2cccc(F)c2)nn1)N1CC[C@@H]2CNC[C@@H]2CC1. The van der Waals surface area contributed by atoms with E-state index in [1.165, 1.54) is 12.1 Å². The molecule has 4 rings (SSSR count). The molecule has 1 aromatic carbocycles. The first kappa shape index (κ1) is 16.2. The number of aromatic nitrogens is 3. The fraction of sp³-hybridized carbons (Fsp3) is 0.500. The third-order valence-electron chi connectivity index (χ3n) is 5.30. The molecule has 0 aliphatic carbocycles. The van der Waals surface area contributed by atoms with E-state index in [1.807, 2.05) is 11.0 Å². The maximum absolute atomic E-state index is 13.3. The van der Waals surface area contributed by atoms with E-state index in [4.69, 9.17) is 0 Å². The summed E-state index contributed by atoms with van der Waals surface area (Å²) in [6, 6.07) is 6.36. The lowest BCUT2D eigenvalue weighted by molar-refractivity contribution is 0.0752. The number of rotatable bonds is 3. The van der Waals surface area contributed by atoms with Crippen molar-refractivity contribution in [1.29, 1.82) is 0 Å². The summed E-state index contributed by atoms with van der Waals surface area (Å²) in [5, 5.41) is 11.5. The van der Waals surface area contributed by atoms with Gasteiger partial charge in [0.05, 0.1) is 12.7 Å². The fourth-order valence-electron chi connectivity index (χ4n) is 3.88. The van der Waals surface area contributed by atoms with Gasteiger partial charge in [0.15, 0.2) is 5.69 Å². The minimum atomic E-state index is -0.279. The van der Waals surface area contributed by atoms with E-state index in [0.717, 1.165) is 44.6 Å². The molecule has 2 aliphatic heterocycles. The van der Waals surface area contributed by atoms with Gasteiger partial charge in [-0.05, 0) is 55.5 Å². The monoisotopic (exact) mass is 343 g/mol. The fourth-order valence-corrected chi connectivity index (χ4v) is 3.88. The van der Waals surface area contributed by atoms with E-state index < -0.39 is 0 Å². The van der Waals surface area contributed by atoms with Gasteiger partial charge in [-0.25, -0.2) is 9.07 Å². The van der Waals surface area contributed by atoms with Gasteiger partial charge < -0.3 is 10.2 Å². The summed E-state index contributed by atoms with van der Waals surface area (Å²) in [6.45, 7) is 4.08. The molecule has 25 heavy (non-hydrogen) atoms. The minimum absolute atomic E-state index is 0.0570. The molecule has 1 amide bonds. The summed E-state index contributed by atoms with van der Waals surface area (Å²) in [6.07, 6.45) is 3.74. The van der Waals surface area contributed by atoms with Crippen LogP contribution in [0.25, 0.3) is 0 Å². The molecule has 132 valence electrons. The zero-order chi connectivity index (χ0) is 17.2. The number of fused-ring (bicyclic) bond motifs is 1. The largest absolute Gasteiger partial charge is 0.337 e. The second kappa shape index (κ2) is 6.92. The van der Waals surface area contributed by atoms with E-state index in [2.05, 4.69) is 15.6 Å². The topological polar surface area (TPSA) is 63.1 Å². The van der Waals surface area contributed by atoms with Crippen molar-refractivity contribution in [3.63, 3.8) is 0 Å². The van der Waals surface area contributed by atoms with Crippen LogP contribution in [-0.2, 0) is 6.54 Å². The van der Waals surface area contributed by atoms with Crippen molar-refractivity contribution in [3.05, 3.63) is 47.5 Å². The molecule has 0 unspecified atom stereocenters. The molecule has 1 N–H and O–H groups in total. The Morgan fingerprint density at radius 3 is 2.72 bits per heavy atom. The van der Waals surface area contributed by atoms with Gasteiger partial charge in [0, 0.05) is 13.1 Å². The zero-order valence-electron chi connectivity index (χ0n) is 14.1. The first-order valence-corrected chi connectivity index (χ1v) is 8.83. The van der Waals surface area contributed by atoms with Crippen LogP contribution in [0.4, 0.5) is 4.39 Å². The van der Waals surface area contributed by atoms with E-state index in [-0.39, 0.29) is 11.7 Å². The summed E-state index contributed by atoms with van der Waals surface area (Å²) in [5.41, 5.74) is 1.15. The number of benzene rings is 1. The first-order chi connectivity index (χ1) is 12.2. The highest BCUT2D eigenvalue weighted by atomic mass is 19.1. The molecular weight excluding hydrogens is 321 g/mol. The first-order valence-electron chi connectivity index (χ1n) is 8.83. The molecule has 2 saturated heterocycles. The Balaban J connectivity index is 1.42. The van der Waals surface area contributed by atoms with Crippen LogP contribution in [0.2, 0.25) is 0 Å². The number of halogens is 1. The lowest BCUT2D eigenvalue weighted by Crippen LogP contribution is -2.33. The number of likely N-dealkylation sites (tertiary alicyclic amines) is 1. The summed E-state index contributed by atoms with van der Waals surface area (Å²) in [7, 11) is 0. The van der Waals surface area contributed by atoms with Crippen LogP contribution >= 0.6 is 0 Å². The van der Waals surface area contributed by atoms with Crippen molar-refractivity contribution in [2.24, 2.45) is 11.8 Å². The summed E-state index contributed by atoms with van der Waals surface area (Å²) in [4.78, 5) is 14.6. The Bertz CT molecular complexity index is 747. The van der Waals surface area contributed by atoms with Crippen LogP contribution < -0.4 is 5.32 Å². The molecule has 6 nitrogen and oxygen atoms in total. The van der Waals surface area contributed by atoms with Crippen LogP contribution in [0.1, 0.15) is 28.9 Å². The highest BCUT2D eigenvalue weighted by molar-refractivity contribution is 5.91. The number of hydrogen-bond acceptors (Lipinski definition) is 4. The van der Waals surface area contributed by atoms with Crippen molar-refractivity contribution in [3.8, 4) is 0 Å². The van der Waals surface area contributed by atoms with Crippen LogP contribution in [0.5, 0.6) is 0 Å². The summed E-state index contributed by atoms with van der Waals surface area (Å²) >= 11 is 0. The van der Waals surface area contributed by atoms with E-state index in [0.29, 0.717) is 24.1 Å². The molecule has 0 spiro atoms. The molecule has 0 bridgehead atoms. The third-order valence-corrected chi connectivity index (χ3v) is 5.30. The molecule has 1 aromatic heterocycles.